The van der Waals surface area contributed by atoms with E-state index >= 15 is 0 Å². The molecule has 2 atom stereocenters. The van der Waals surface area contributed by atoms with Crippen LogP contribution in [0.5, 0.6) is 5.75 Å². The lowest BCUT2D eigenvalue weighted by Gasteiger charge is -2.31. The molecule has 2 heterocycles. The van der Waals surface area contributed by atoms with Gasteiger partial charge in [0.1, 0.15) is 11.4 Å². The summed E-state index contributed by atoms with van der Waals surface area (Å²) in [5.41, 5.74) is 0.498. The topological polar surface area (TPSA) is 71.5 Å². The Bertz CT molecular complexity index is 476. The van der Waals surface area contributed by atoms with Crippen LogP contribution < -0.4 is 5.32 Å². The zero-order chi connectivity index (χ0) is 15.2. The van der Waals surface area contributed by atoms with Crippen molar-refractivity contribution in [3.05, 3.63) is 24.0 Å². The van der Waals surface area contributed by atoms with Crippen LogP contribution in [0.3, 0.4) is 0 Å². The van der Waals surface area contributed by atoms with Crippen molar-refractivity contribution >= 4 is 5.91 Å². The van der Waals surface area contributed by atoms with Crippen molar-refractivity contribution < 1.29 is 14.6 Å². The number of rotatable bonds is 5. The maximum atomic E-state index is 12.0. The Morgan fingerprint density at radius 2 is 2.38 bits per heavy atom. The Morgan fingerprint density at radius 1 is 1.57 bits per heavy atom. The van der Waals surface area contributed by atoms with Gasteiger partial charge < -0.3 is 15.2 Å². The van der Waals surface area contributed by atoms with E-state index < -0.39 is 0 Å². The molecule has 2 unspecified atom stereocenters. The van der Waals surface area contributed by atoms with Crippen LogP contribution in [-0.2, 0) is 16.1 Å². The molecule has 0 saturated carbocycles. The summed E-state index contributed by atoms with van der Waals surface area (Å²) in [6.45, 7) is 5.30. The molecule has 1 aromatic heterocycles. The second-order valence-electron chi connectivity index (χ2n) is 5.99. The third-order valence-corrected chi connectivity index (χ3v) is 3.96. The van der Waals surface area contributed by atoms with E-state index in [4.69, 9.17) is 4.74 Å². The third kappa shape index (κ3) is 4.70. The molecular weight excluding hydrogens is 268 g/mol. The molecule has 1 aliphatic heterocycles. The summed E-state index contributed by atoms with van der Waals surface area (Å²) in [6, 6.07) is 3.23. The minimum atomic E-state index is 0.00876. The maximum absolute atomic E-state index is 12.0. The van der Waals surface area contributed by atoms with Gasteiger partial charge in [-0.25, -0.2) is 0 Å². The van der Waals surface area contributed by atoms with Gasteiger partial charge in [-0.3, -0.25) is 9.78 Å². The lowest BCUT2D eigenvalue weighted by molar-refractivity contribution is -0.123. The number of aromatic hydroxyl groups is 1. The van der Waals surface area contributed by atoms with Crippen LogP contribution in [0.2, 0.25) is 0 Å². The average molecular weight is 292 g/mol. The van der Waals surface area contributed by atoms with Crippen molar-refractivity contribution in [2.45, 2.75) is 45.8 Å². The van der Waals surface area contributed by atoms with Crippen molar-refractivity contribution in [2.24, 2.45) is 11.8 Å². The number of ether oxygens (including phenoxy) is 1. The van der Waals surface area contributed by atoms with Crippen molar-refractivity contribution in [1.29, 1.82) is 0 Å². The van der Waals surface area contributed by atoms with E-state index in [1.165, 1.54) is 0 Å². The highest BCUT2D eigenvalue weighted by Crippen LogP contribution is 2.27. The summed E-state index contributed by atoms with van der Waals surface area (Å²) >= 11 is 0. The molecule has 1 aliphatic rings. The number of nitrogens with zero attached hydrogens (tertiary/aromatic N) is 1. The van der Waals surface area contributed by atoms with Crippen molar-refractivity contribution in [3.63, 3.8) is 0 Å². The molecule has 1 saturated heterocycles. The predicted octanol–water partition coefficient (Wildman–Crippen LogP) is 2.24. The van der Waals surface area contributed by atoms with E-state index in [2.05, 4.69) is 24.1 Å². The normalized spacial score (nSPS) is 22.2. The van der Waals surface area contributed by atoms with E-state index in [1.807, 2.05) is 0 Å². The number of aromatic nitrogens is 1. The molecule has 2 N–H and O–H groups in total. The fraction of sp³-hybridized carbons (Fsp3) is 0.625. The molecule has 5 nitrogen and oxygen atoms in total. The van der Waals surface area contributed by atoms with Gasteiger partial charge in [0, 0.05) is 19.2 Å². The molecule has 0 radical (unpaired) electrons. The van der Waals surface area contributed by atoms with Gasteiger partial charge in [-0.2, -0.15) is 0 Å². The maximum Gasteiger partial charge on any atom is 0.220 e. The Balaban J connectivity index is 1.78. The summed E-state index contributed by atoms with van der Waals surface area (Å²) in [6.07, 6.45) is 4.26. The van der Waals surface area contributed by atoms with Crippen LogP contribution in [0.4, 0.5) is 0 Å². The lowest BCUT2D eigenvalue weighted by Crippen LogP contribution is -2.33. The SMILES string of the molecule is CC(C)C1CC(CC(=O)NCc2ncccc2O)CCO1. The molecule has 21 heavy (non-hydrogen) atoms. The van der Waals surface area contributed by atoms with Gasteiger partial charge in [0.2, 0.25) is 5.91 Å². The van der Waals surface area contributed by atoms with Gasteiger partial charge in [0.25, 0.3) is 0 Å². The van der Waals surface area contributed by atoms with Gasteiger partial charge in [-0.05, 0) is 36.8 Å². The lowest BCUT2D eigenvalue weighted by atomic mass is 9.88. The third-order valence-electron chi connectivity index (χ3n) is 3.96. The highest BCUT2D eigenvalue weighted by molar-refractivity contribution is 5.76. The van der Waals surface area contributed by atoms with Crippen molar-refractivity contribution in [2.75, 3.05) is 6.61 Å². The van der Waals surface area contributed by atoms with Gasteiger partial charge >= 0.3 is 0 Å². The van der Waals surface area contributed by atoms with E-state index in [1.54, 1.807) is 18.3 Å². The molecule has 0 aliphatic carbocycles. The molecule has 5 heteroatoms. The summed E-state index contributed by atoms with van der Waals surface area (Å²) < 4.78 is 5.72. The highest BCUT2D eigenvalue weighted by atomic mass is 16.5. The van der Waals surface area contributed by atoms with Crippen molar-refractivity contribution in [1.82, 2.24) is 10.3 Å². The Labute approximate surface area is 125 Å². The smallest absolute Gasteiger partial charge is 0.220 e. The monoisotopic (exact) mass is 292 g/mol. The van der Waals surface area contributed by atoms with Crippen LogP contribution >= 0.6 is 0 Å². The largest absolute Gasteiger partial charge is 0.506 e. The first kappa shape index (κ1) is 15.8. The number of nitrogens with one attached hydrogen (secondary N) is 1. The first-order valence-electron chi connectivity index (χ1n) is 7.57. The van der Waals surface area contributed by atoms with Crippen LogP contribution in [0, 0.1) is 11.8 Å². The average Bonchev–Trinajstić information content (AvgIpc) is 2.46. The molecule has 0 bridgehead atoms. The highest BCUT2D eigenvalue weighted by Gasteiger charge is 2.26. The zero-order valence-electron chi connectivity index (χ0n) is 12.7. The Kier molecular flexibility index (Phi) is 5.56. The summed E-state index contributed by atoms with van der Waals surface area (Å²) in [4.78, 5) is 16.1. The van der Waals surface area contributed by atoms with Crippen LogP contribution in [0.1, 0.15) is 38.8 Å². The van der Waals surface area contributed by atoms with Gasteiger partial charge in [0.15, 0.2) is 0 Å². The molecule has 1 amide bonds. The van der Waals surface area contributed by atoms with E-state index in [0.717, 1.165) is 19.4 Å². The van der Waals surface area contributed by atoms with Gasteiger partial charge in [-0.15, -0.1) is 0 Å². The van der Waals surface area contributed by atoms with Crippen LogP contribution in [0.15, 0.2) is 18.3 Å². The van der Waals surface area contributed by atoms with Gasteiger partial charge in [-0.1, -0.05) is 13.8 Å². The number of carbonyl (C=O) groups excluding carboxylic acids is 1. The molecule has 2 rings (SSSR count). The first-order chi connectivity index (χ1) is 10.1. The summed E-state index contributed by atoms with van der Waals surface area (Å²) in [5.74, 6) is 0.989. The second-order valence-corrected chi connectivity index (χ2v) is 5.99. The fourth-order valence-corrected chi connectivity index (χ4v) is 2.63. The number of hydrogen-bond acceptors (Lipinski definition) is 4. The molecule has 1 aromatic rings. The summed E-state index contributed by atoms with van der Waals surface area (Å²) in [5, 5.41) is 12.4. The van der Waals surface area contributed by atoms with E-state index in [9.17, 15) is 9.90 Å². The standard InChI is InChI=1S/C16H24N2O3/c1-11(2)15-8-12(5-7-21-15)9-16(20)18-10-13-14(19)4-3-6-17-13/h3-4,6,11-12,15,19H,5,7-10H2,1-2H3,(H,18,20). The van der Waals surface area contributed by atoms with Crippen LogP contribution in [0.25, 0.3) is 0 Å². The number of amides is 1. The fourth-order valence-electron chi connectivity index (χ4n) is 2.63. The zero-order valence-corrected chi connectivity index (χ0v) is 12.7. The van der Waals surface area contributed by atoms with E-state index in [0.29, 0.717) is 24.0 Å². The van der Waals surface area contributed by atoms with E-state index in [-0.39, 0.29) is 24.3 Å². The molecule has 116 valence electrons. The predicted molar refractivity (Wildman–Crippen MR) is 79.7 cm³/mol. The van der Waals surface area contributed by atoms with Gasteiger partial charge in [0.05, 0.1) is 12.6 Å². The molecule has 0 spiro atoms. The first-order valence-corrected chi connectivity index (χ1v) is 7.57. The molecule has 0 aromatic carbocycles. The van der Waals surface area contributed by atoms with Crippen LogP contribution in [-0.4, -0.2) is 28.7 Å². The quantitative estimate of drug-likeness (QED) is 0.873. The summed E-state index contributed by atoms with van der Waals surface area (Å²) in [7, 11) is 0. The molecular formula is C16H24N2O3. The van der Waals surface area contributed by atoms with Crippen molar-refractivity contribution in [3.8, 4) is 5.75 Å². The second kappa shape index (κ2) is 7.41. The molecule has 1 fully saturated rings. The minimum absolute atomic E-state index is 0.00876. The number of hydrogen-bond donors (Lipinski definition) is 2. The number of pyridine rings is 1. The minimum Gasteiger partial charge on any atom is -0.506 e. The Morgan fingerprint density at radius 3 is 3.10 bits per heavy atom. The Hall–Kier alpha value is -1.62. The number of carbonyl (C=O) groups is 1.